The monoisotopic (exact) mass is 182 g/mol. The molecule has 0 radical (unpaired) electrons. The van der Waals surface area contributed by atoms with Crippen molar-refractivity contribution in [2.75, 3.05) is 13.6 Å². The van der Waals surface area contributed by atoms with E-state index in [1.54, 1.807) is 12.5 Å². The van der Waals surface area contributed by atoms with E-state index >= 15 is 0 Å². The minimum atomic E-state index is -0.140. The third-order valence-corrected chi connectivity index (χ3v) is 1.71. The zero-order valence-corrected chi connectivity index (χ0v) is 8.58. The zero-order valence-electron chi connectivity index (χ0n) is 8.58. The summed E-state index contributed by atoms with van der Waals surface area (Å²) in [6.45, 7) is 5.81. The Balaban J connectivity index is 2.38. The summed E-state index contributed by atoms with van der Waals surface area (Å²) >= 11 is 0. The van der Waals surface area contributed by atoms with Gasteiger partial charge in [-0.2, -0.15) is 0 Å². The molecule has 1 aromatic rings. The maximum Gasteiger partial charge on any atom is 0.0947 e. The number of likely N-dealkylation sites (N-methyl/N-ethyl adjacent to an activating group) is 1. The Hall–Kier alpha value is -0.800. The number of furan rings is 1. The minimum absolute atomic E-state index is 0.140. The lowest BCUT2D eigenvalue weighted by molar-refractivity contribution is 0.262. The Morgan fingerprint density at radius 1 is 1.54 bits per heavy atom. The molecule has 0 aliphatic heterocycles. The molecule has 0 amide bonds. The predicted octanol–water partition coefficient (Wildman–Crippen LogP) is 1.45. The number of nitrogens with two attached hydrogens (primary N) is 1. The molecule has 1 heterocycles. The van der Waals surface area contributed by atoms with Crippen LogP contribution in [0.5, 0.6) is 0 Å². The van der Waals surface area contributed by atoms with Crippen LogP contribution in [0.15, 0.2) is 23.0 Å². The van der Waals surface area contributed by atoms with E-state index < -0.39 is 0 Å². The topological polar surface area (TPSA) is 42.4 Å². The molecule has 0 unspecified atom stereocenters. The molecule has 0 spiro atoms. The first kappa shape index (κ1) is 10.3. The van der Waals surface area contributed by atoms with Crippen molar-refractivity contribution >= 4 is 0 Å². The molecule has 3 nitrogen and oxygen atoms in total. The molecular weight excluding hydrogens is 164 g/mol. The Labute approximate surface area is 79.5 Å². The molecule has 1 rings (SSSR count). The molecule has 1 aromatic heterocycles. The van der Waals surface area contributed by atoms with Crippen molar-refractivity contribution in [2.24, 2.45) is 5.73 Å². The molecule has 13 heavy (non-hydrogen) atoms. The SMILES string of the molecule is CN(Cc1ccoc1)CC(C)(C)N. The van der Waals surface area contributed by atoms with E-state index in [9.17, 15) is 0 Å². The van der Waals surface area contributed by atoms with Crippen molar-refractivity contribution in [1.82, 2.24) is 4.90 Å². The fraction of sp³-hybridized carbons (Fsp3) is 0.600. The van der Waals surface area contributed by atoms with Crippen LogP contribution in [0.4, 0.5) is 0 Å². The number of rotatable bonds is 4. The van der Waals surface area contributed by atoms with Gasteiger partial charge in [0, 0.05) is 24.2 Å². The molecule has 0 bridgehead atoms. The van der Waals surface area contributed by atoms with Gasteiger partial charge in [-0.15, -0.1) is 0 Å². The second kappa shape index (κ2) is 3.94. The Bertz CT molecular complexity index is 236. The van der Waals surface area contributed by atoms with Gasteiger partial charge in [-0.25, -0.2) is 0 Å². The van der Waals surface area contributed by atoms with Gasteiger partial charge in [0.25, 0.3) is 0 Å². The summed E-state index contributed by atoms with van der Waals surface area (Å²) in [5, 5.41) is 0. The second-order valence-corrected chi connectivity index (χ2v) is 4.29. The largest absolute Gasteiger partial charge is 0.472 e. The smallest absolute Gasteiger partial charge is 0.0947 e. The van der Waals surface area contributed by atoms with Crippen LogP contribution in [0.3, 0.4) is 0 Å². The maximum absolute atomic E-state index is 5.90. The average Bonchev–Trinajstić information content (AvgIpc) is 2.34. The van der Waals surface area contributed by atoms with Crippen molar-refractivity contribution in [3.8, 4) is 0 Å². The van der Waals surface area contributed by atoms with Gasteiger partial charge in [-0.3, -0.25) is 0 Å². The lowest BCUT2D eigenvalue weighted by Crippen LogP contribution is -2.43. The van der Waals surface area contributed by atoms with E-state index in [4.69, 9.17) is 10.2 Å². The highest BCUT2D eigenvalue weighted by Gasteiger charge is 2.13. The molecule has 0 aliphatic rings. The first-order chi connectivity index (χ1) is 5.97. The van der Waals surface area contributed by atoms with Crippen molar-refractivity contribution in [3.05, 3.63) is 24.2 Å². The van der Waals surface area contributed by atoms with Gasteiger partial charge in [-0.1, -0.05) is 0 Å². The van der Waals surface area contributed by atoms with Crippen molar-refractivity contribution in [2.45, 2.75) is 25.9 Å². The van der Waals surface area contributed by atoms with E-state index in [1.165, 1.54) is 5.56 Å². The molecule has 74 valence electrons. The average molecular weight is 182 g/mol. The van der Waals surface area contributed by atoms with Gasteiger partial charge >= 0.3 is 0 Å². The molecule has 3 heteroatoms. The molecule has 0 aromatic carbocycles. The summed E-state index contributed by atoms with van der Waals surface area (Å²) in [6, 6.07) is 1.97. The predicted molar refractivity (Wildman–Crippen MR) is 53.3 cm³/mol. The first-order valence-corrected chi connectivity index (χ1v) is 4.46. The van der Waals surface area contributed by atoms with Gasteiger partial charge < -0.3 is 15.1 Å². The zero-order chi connectivity index (χ0) is 9.90. The van der Waals surface area contributed by atoms with Crippen LogP contribution in [-0.4, -0.2) is 24.0 Å². The highest BCUT2D eigenvalue weighted by molar-refractivity contribution is 5.04. The van der Waals surface area contributed by atoms with Crippen LogP contribution < -0.4 is 5.73 Å². The van der Waals surface area contributed by atoms with Crippen LogP contribution in [0, 0.1) is 0 Å². The number of nitrogens with zero attached hydrogens (tertiary/aromatic N) is 1. The maximum atomic E-state index is 5.90. The summed E-state index contributed by atoms with van der Waals surface area (Å²) in [7, 11) is 2.06. The summed E-state index contributed by atoms with van der Waals surface area (Å²) in [5.41, 5.74) is 6.95. The Kier molecular flexibility index (Phi) is 3.12. The minimum Gasteiger partial charge on any atom is -0.472 e. The van der Waals surface area contributed by atoms with E-state index in [1.807, 2.05) is 19.9 Å². The van der Waals surface area contributed by atoms with Gasteiger partial charge in [-0.05, 0) is 27.0 Å². The Morgan fingerprint density at radius 2 is 2.23 bits per heavy atom. The lowest BCUT2D eigenvalue weighted by atomic mass is 10.1. The van der Waals surface area contributed by atoms with Crippen molar-refractivity contribution < 1.29 is 4.42 Å². The molecule has 0 atom stereocenters. The van der Waals surface area contributed by atoms with E-state index in [0.717, 1.165) is 13.1 Å². The standard InChI is InChI=1S/C10H18N2O/c1-10(2,11)8-12(3)6-9-4-5-13-7-9/h4-5,7H,6,8,11H2,1-3H3. The molecule has 2 N–H and O–H groups in total. The first-order valence-electron chi connectivity index (χ1n) is 4.46. The van der Waals surface area contributed by atoms with Gasteiger partial charge in [0.15, 0.2) is 0 Å². The summed E-state index contributed by atoms with van der Waals surface area (Å²) in [6.07, 6.45) is 3.46. The van der Waals surface area contributed by atoms with Gasteiger partial charge in [0.2, 0.25) is 0 Å². The van der Waals surface area contributed by atoms with Crippen molar-refractivity contribution in [3.63, 3.8) is 0 Å². The lowest BCUT2D eigenvalue weighted by Gasteiger charge is -2.25. The molecule has 0 aliphatic carbocycles. The van der Waals surface area contributed by atoms with Crippen LogP contribution in [-0.2, 0) is 6.54 Å². The Morgan fingerprint density at radius 3 is 2.69 bits per heavy atom. The summed E-state index contributed by atoms with van der Waals surface area (Å²) in [4.78, 5) is 2.19. The van der Waals surface area contributed by atoms with Crippen molar-refractivity contribution in [1.29, 1.82) is 0 Å². The van der Waals surface area contributed by atoms with Crippen LogP contribution in [0.1, 0.15) is 19.4 Å². The normalized spacial score (nSPS) is 12.4. The van der Waals surface area contributed by atoms with Gasteiger partial charge in [0.05, 0.1) is 12.5 Å². The van der Waals surface area contributed by atoms with E-state index in [0.29, 0.717) is 0 Å². The number of hydrogen-bond donors (Lipinski definition) is 1. The van der Waals surface area contributed by atoms with E-state index in [2.05, 4.69) is 11.9 Å². The van der Waals surface area contributed by atoms with Gasteiger partial charge in [0.1, 0.15) is 0 Å². The molecule has 0 fully saturated rings. The fourth-order valence-electron chi connectivity index (χ4n) is 1.45. The highest BCUT2D eigenvalue weighted by Crippen LogP contribution is 2.06. The van der Waals surface area contributed by atoms with E-state index in [-0.39, 0.29) is 5.54 Å². The number of hydrogen-bond acceptors (Lipinski definition) is 3. The summed E-state index contributed by atoms with van der Waals surface area (Å²) in [5.74, 6) is 0. The second-order valence-electron chi connectivity index (χ2n) is 4.29. The summed E-state index contributed by atoms with van der Waals surface area (Å²) < 4.78 is 4.99. The van der Waals surface area contributed by atoms with Crippen LogP contribution in [0.2, 0.25) is 0 Å². The molecular formula is C10H18N2O. The third-order valence-electron chi connectivity index (χ3n) is 1.71. The fourth-order valence-corrected chi connectivity index (χ4v) is 1.45. The molecule has 0 saturated heterocycles. The third kappa shape index (κ3) is 4.10. The van der Waals surface area contributed by atoms with Crippen LogP contribution in [0.25, 0.3) is 0 Å². The molecule has 0 saturated carbocycles. The highest BCUT2D eigenvalue weighted by atomic mass is 16.3. The quantitative estimate of drug-likeness (QED) is 0.766. The van der Waals surface area contributed by atoms with Crippen LogP contribution >= 0.6 is 0 Å².